The number of halogens is 1. The van der Waals surface area contributed by atoms with Crippen LogP contribution in [0.4, 0.5) is 10.5 Å². The van der Waals surface area contributed by atoms with Crippen molar-refractivity contribution in [2.75, 3.05) is 5.32 Å². The molecular formula is C15H16ClN5OS. The molecule has 0 bridgehead atoms. The molecule has 0 saturated heterocycles. The third-order valence-electron chi connectivity index (χ3n) is 3.36. The van der Waals surface area contributed by atoms with Gasteiger partial charge >= 0.3 is 6.03 Å². The van der Waals surface area contributed by atoms with Crippen LogP contribution in [0.15, 0.2) is 18.2 Å². The van der Waals surface area contributed by atoms with Gasteiger partial charge in [-0.2, -0.15) is 5.10 Å². The van der Waals surface area contributed by atoms with Gasteiger partial charge in [0.15, 0.2) is 0 Å². The maximum absolute atomic E-state index is 12.1. The Morgan fingerprint density at radius 3 is 2.83 bits per heavy atom. The van der Waals surface area contributed by atoms with Gasteiger partial charge in [0.05, 0.1) is 43.9 Å². The van der Waals surface area contributed by atoms with Crippen LogP contribution in [-0.4, -0.2) is 20.8 Å². The molecule has 2 heterocycles. The molecule has 8 heteroatoms. The highest BCUT2D eigenvalue weighted by Crippen LogP contribution is 2.31. The Hall–Kier alpha value is -2.12. The summed E-state index contributed by atoms with van der Waals surface area (Å²) in [4.78, 5) is 16.5. The van der Waals surface area contributed by atoms with Gasteiger partial charge in [0, 0.05) is 7.05 Å². The van der Waals surface area contributed by atoms with E-state index in [-0.39, 0.29) is 6.03 Å². The first-order valence-electron chi connectivity index (χ1n) is 7.03. The Kier molecular flexibility index (Phi) is 4.23. The van der Waals surface area contributed by atoms with E-state index < -0.39 is 0 Å². The van der Waals surface area contributed by atoms with Crippen molar-refractivity contribution in [3.63, 3.8) is 0 Å². The molecule has 0 unspecified atom stereocenters. The molecule has 3 rings (SSSR count). The Balaban J connectivity index is 1.70. The SMILES string of the molecule is Cc1cc(CNC(=O)Nc2cc3sc(C)nc3cc2Cl)n(C)n1. The molecule has 0 radical (unpaired) electrons. The number of carbonyl (C=O) groups is 1. The summed E-state index contributed by atoms with van der Waals surface area (Å²) in [6.45, 7) is 4.24. The molecule has 2 N–H and O–H groups in total. The minimum absolute atomic E-state index is 0.314. The largest absolute Gasteiger partial charge is 0.332 e. The number of aromatic nitrogens is 3. The highest BCUT2D eigenvalue weighted by atomic mass is 35.5. The number of hydrogen-bond donors (Lipinski definition) is 2. The number of hydrogen-bond acceptors (Lipinski definition) is 4. The van der Waals surface area contributed by atoms with Crippen LogP contribution in [0.5, 0.6) is 0 Å². The van der Waals surface area contributed by atoms with Crippen molar-refractivity contribution in [1.82, 2.24) is 20.1 Å². The van der Waals surface area contributed by atoms with Crippen LogP contribution in [0.1, 0.15) is 16.4 Å². The monoisotopic (exact) mass is 349 g/mol. The van der Waals surface area contributed by atoms with Gasteiger partial charge in [0.25, 0.3) is 0 Å². The zero-order valence-corrected chi connectivity index (χ0v) is 14.5. The molecule has 0 aliphatic heterocycles. The zero-order valence-electron chi connectivity index (χ0n) is 13.0. The standard InChI is InChI=1S/C15H16ClN5OS/c1-8-4-10(21(3)20-8)7-17-15(22)19-12-6-14-13(5-11(12)16)18-9(2)23-14/h4-6H,7H2,1-3H3,(H2,17,19,22). The Bertz CT molecular complexity index is 886. The van der Waals surface area contributed by atoms with E-state index in [2.05, 4.69) is 20.7 Å². The second kappa shape index (κ2) is 6.17. The van der Waals surface area contributed by atoms with Gasteiger partial charge in [-0.25, -0.2) is 9.78 Å². The van der Waals surface area contributed by atoms with E-state index in [1.165, 1.54) is 0 Å². The summed E-state index contributed by atoms with van der Waals surface area (Å²) >= 11 is 7.77. The van der Waals surface area contributed by atoms with Gasteiger partial charge in [-0.15, -0.1) is 11.3 Å². The fraction of sp³-hybridized carbons (Fsp3) is 0.267. The van der Waals surface area contributed by atoms with Crippen LogP contribution < -0.4 is 10.6 Å². The number of benzene rings is 1. The number of urea groups is 1. The number of nitrogens with one attached hydrogen (secondary N) is 2. The summed E-state index contributed by atoms with van der Waals surface area (Å²) in [5, 5.41) is 11.2. The average Bonchev–Trinajstić information content (AvgIpc) is 2.98. The van der Waals surface area contributed by atoms with E-state index in [9.17, 15) is 4.79 Å². The first-order valence-corrected chi connectivity index (χ1v) is 8.23. The lowest BCUT2D eigenvalue weighted by Gasteiger charge is -2.09. The number of aryl methyl sites for hydroxylation is 3. The van der Waals surface area contributed by atoms with Gasteiger partial charge in [-0.3, -0.25) is 4.68 Å². The molecule has 0 spiro atoms. The zero-order chi connectivity index (χ0) is 16.6. The van der Waals surface area contributed by atoms with Gasteiger partial charge in [0.1, 0.15) is 0 Å². The van der Waals surface area contributed by atoms with Gasteiger partial charge < -0.3 is 10.6 Å². The molecule has 2 aromatic heterocycles. The number of amides is 2. The summed E-state index contributed by atoms with van der Waals surface area (Å²) in [7, 11) is 1.85. The molecule has 120 valence electrons. The van der Waals surface area contributed by atoms with Crippen molar-refractivity contribution in [3.8, 4) is 0 Å². The Labute approximate surface area is 142 Å². The Morgan fingerprint density at radius 2 is 2.13 bits per heavy atom. The molecule has 3 aromatic rings. The number of rotatable bonds is 3. The van der Waals surface area contributed by atoms with E-state index in [1.54, 1.807) is 22.1 Å². The molecule has 1 aromatic carbocycles. The lowest BCUT2D eigenvalue weighted by molar-refractivity contribution is 0.251. The lowest BCUT2D eigenvalue weighted by Crippen LogP contribution is -2.29. The van der Waals surface area contributed by atoms with E-state index in [4.69, 9.17) is 11.6 Å². The van der Waals surface area contributed by atoms with E-state index in [1.807, 2.05) is 33.0 Å². The van der Waals surface area contributed by atoms with E-state index >= 15 is 0 Å². The van der Waals surface area contributed by atoms with Crippen molar-refractivity contribution in [1.29, 1.82) is 0 Å². The Morgan fingerprint density at radius 1 is 1.35 bits per heavy atom. The lowest BCUT2D eigenvalue weighted by atomic mass is 10.3. The highest BCUT2D eigenvalue weighted by molar-refractivity contribution is 7.18. The second-order valence-electron chi connectivity index (χ2n) is 5.24. The molecule has 0 atom stereocenters. The summed E-state index contributed by atoms with van der Waals surface area (Å²) in [5.41, 5.74) is 3.26. The van der Waals surface area contributed by atoms with Crippen molar-refractivity contribution in [2.24, 2.45) is 7.05 Å². The van der Waals surface area contributed by atoms with Crippen LogP contribution in [-0.2, 0) is 13.6 Å². The maximum atomic E-state index is 12.1. The molecule has 2 amide bonds. The van der Waals surface area contributed by atoms with Crippen LogP contribution in [0.2, 0.25) is 5.02 Å². The minimum atomic E-state index is -0.314. The van der Waals surface area contributed by atoms with Crippen molar-refractivity contribution in [3.05, 3.63) is 39.6 Å². The molecule has 0 aliphatic rings. The van der Waals surface area contributed by atoms with Crippen molar-refractivity contribution in [2.45, 2.75) is 20.4 Å². The summed E-state index contributed by atoms with van der Waals surface area (Å²) in [6.07, 6.45) is 0. The highest BCUT2D eigenvalue weighted by Gasteiger charge is 2.10. The van der Waals surface area contributed by atoms with Crippen LogP contribution in [0.3, 0.4) is 0 Å². The van der Waals surface area contributed by atoms with Crippen LogP contribution in [0.25, 0.3) is 10.2 Å². The second-order valence-corrected chi connectivity index (χ2v) is 6.88. The predicted molar refractivity (Wildman–Crippen MR) is 93.2 cm³/mol. The summed E-state index contributed by atoms with van der Waals surface area (Å²) in [5.74, 6) is 0. The predicted octanol–water partition coefficient (Wildman–Crippen LogP) is 3.62. The smallest absolute Gasteiger partial charge is 0.319 e. The average molecular weight is 350 g/mol. The summed E-state index contributed by atoms with van der Waals surface area (Å²) in [6, 6.07) is 5.22. The number of thiazole rings is 1. The van der Waals surface area contributed by atoms with Crippen molar-refractivity contribution >= 4 is 44.9 Å². The maximum Gasteiger partial charge on any atom is 0.319 e. The number of carbonyl (C=O) groups excluding carboxylic acids is 1. The molecular weight excluding hydrogens is 334 g/mol. The fourth-order valence-corrected chi connectivity index (χ4v) is 3.38. The number of anilines is 1. The van der Waals surface area contributed by atoms with E-state index in [0.717, 1.165) is 26.6 Å². The van der Waals surface area contributed by atoms with Crippen LogP contribution >= 0.6 is 22.9 Å². The van der Waals surface area contributed by atoms with E-state index in [0.29, 0.717) is 17.3 Å². The third kappa shape index (κ3) is 3.46. The molecule has 0 aliphatic carbocycles. The molecule has 6 nitrogen and oxygen atoms in total. The quantitative estimate of drug-likeness (QED) is 0.758. The van der Waals surface area contributed by atoms with Crippen LogP contribution in [0, 0.1) is 13.8 Å². The summed E-state index contributed by atoms with van der Waals surface area (Å²) < 4.78 is 2.74. The van der Waals surface area contributed by atoms with Gasteiger partial charge in [-0.1, -0.05) is 11.6 Å². The van der Waals surface area contributed by atoms with Gasteiger partial charge in [-0.05, 0) is 32.0 Å². The van der Waals surface area contributed by atoms with Crippen molar-refractivity contribution < 1.29 is 4.79 Å². The molecule has 0 fully saturated rings. The number of nitrogens with zero attached hydrogens (tertiary/aromatic N) is 3. The fourth-order valence-electron chi connectivity index (χ4n) is 2.33. The number of fused-ring (bicyclic) bond motifs is 1. The van der Waals surface area contributed by atoms with Gasteiger partial charge in [0.2, 0.25) is 0 Å². The topological polar surface area (TPSA) is 71.8 Å². The first-order chi connectivity index (χ1) is 10.9. The molecule has 0 saturated carbocycles. The minimum Gasteiger partial charge on any atom is -0.332 e. The first kappa shape index (κ1) is 15.8. The third-order valence-corrected chi connectivity index (χ3v) is 4.61. The normalized spacial score (nSPS) is 11.0. The molecule has 23 heavy (non-hydrogen) atoms.